The van der Waals surface area contributed by atoms with E-state index >= 15 is 0 Å². The molecule has 1 aromatic carbocycles. The van der Waals surface area contributed by atoms with E-state index in [0.717, 1.165) is 24.6 Å². The second kappa shape index (κ2) is 8.33. The van der Waals surface area contributed by atoms with E-state index < -0.39 is 0 Å². The highest BCUT2D eigenvalue weighted by Crippen LogP contribution is 2.31. The predicted octanol–water partition coefficient (Wildman–Crippen LogP) is 3.17. The summed E-state index contributed by atoms with van der Waals surface area (Å²) in [5.74, 6) is 1.01. The second-order valence-corrected chi connectivity index (χ2v) is 7.50. The lowest BCUT2D eigenvalue weighted by Crippen LogP contribution is -2.36. The van der Waals surface area contributed by atoms with Crippen LogP contribution in [0.5, 0.6) is 0 Å². The topological polar surface area (TPSA) is 98.3 Å². The zero-order valence-electron chi connectivity index (χ0n) is 16.9. The molecule has 0 aliphatic carbocycles. The van der Waals surface area contributed by atoms with E-state index in [1.54, 1.807) is 35.1 Å². The van der Waals surface area contributed by atoms with Gasteiger partial charge in [-0.2, -0.15) is 5.10 Å². The van der Waals surface area contributed by atoms with Crippen molar-refractivity contribution in [2.75, 3.05) is 42.3 Å². The number of nitrogen functional groups attached to an aromatic ring is 1. The number of halogens is 1. The Kier molecular flexibility index (Phi) is 5.61. The lowest BCUT2D eigenvalue weighted by Gasteiger charge is -2.28. The second-order valence-electron chi connectivity index (χ2n) is 7.09. The maximum absolute atomic E-state index is 13.3. The first-order valence-corrected chi connectivity index (χ1v) is 10.0. The van der Waals surface area contributed by atoms with Crippen LogP contribution in [-0.2, 0) is 11.8 Å². The summed E-state index contributed by atoms with van der Waals surface area (Å²) in [7, 11) is 1.82. The first kappa shape index (κ1) is 20.2. The number of pyridine rings is 1. The van der Waals surface area contributed by atoms with Crippen molar-refractivity contribution >= 4 is 40.4 Å². The van der Waals surface area contributed by atoms with Gasteiger partial charge in [0.25, 0.3) is 0 Å². The van der Waals surface area contributed by atoms with Crippen molar-refractivity contribution in [3.63, 3.8) is 0 Å². The highest BCUT2D eigenvalue weighted by molar-refractivity contribution is 6.35. The fourth-order valence-electron chi connectivity index (χ4n) is 3.33. The molecule has 156 valence electrons. The van der Waals surface area contributed by atoms with Gasteiger partial charge in [-0.1, -0.05) is 23.7 Å². The fourth-order valence-corrected chi connectivity index (χ4v) is 3.55. The van der Waals surface area contributed by atoms with Crippen LogP contribution in [0.1, 0.15) is 21.6 Å². The van der Waals surface area contributed by atoms with Crippen LogP contribution >= 0.6 is 11.6 Å². The van der Waals surface area contributed by atoms with Gasteiger partial charge in [-0.15, -0.1) is 0 Å². The van der Waals surface area contributed by atoms with E-state index in [-0.39, 0.29) is 5.78 Å². The van der Waals surface area contributed by atoms with Gasteiger partial charge in [0.2, 0.25) is 0 Å². The number of anilines is 4. The number of rotatable bonds is 5. The molecule has 1 aliphatic heterocycles. The molecular weight excluding hydrogens is 404 g/mol. The summed E-state index contributed by atoms with van der Waals surface area (Å²) in [5, 5.41) is 8.05. The molecule has 0 bridgehead atoms. The van der Waals surface area contributed by atoms with Gasteiger partial charge in [0, 0.05) is 38.0 Å². The molecule has 8 nitrogen and oxygen atoms in total. The molecule has 3 aromatic rings. The number of nitrogens with two attached hydrogens (primary N) is 1. The number of ketones is 1. The molecule has 1 saturated heterocycles. The number of nitrogens with zero attached hydrogens (tertiary/aromatic N) is 4. The predicted molar refractivity (Wildman–Crippen MR) is 118 cm³/mol. The number of carbonyl (C=O) groups is 1. The first-order valence-electron chi connectivity index (χ1n) is 9.63. The van der Waals surface area contributed by atoms with Crippen LogP contribution in [0.3, 0.4) is 0 Å². The van der Waals surface area contributed by atoms with Crippen molar-refractivity contribution in [1.82, 2.24) is 14.8 Å². The Bertz CT molecular complexity index is 1090. The Hall–Kier alpha value is -3.10. The van der Waals surface area contributed by atoms with Crippen molar-refractivity contribution in [2.24, 2.45) is 7.05 Å². The van der Waals surface area contributed by atoms with Crippen LogP contribution in [0.15, 0.2) is 36.5 Å². The molecule has 1 fully saturated rings. The quantitative estimate of drug-likeness (QED) is 0.604. The molecule has 3 heterocycles. The molecule has 0 unspecified atom stereocenters. The third kappa shape index (κ3) is 3.83. The summed E-state index contributed by atoms with van der Waals surface area (Å²) in [4.78, 5) is 19.9. The summed E-state index contributed by atoms with van der Waals surface area (Å²) in [6.45, 7) is 4.62. The molecule has 9 heteroatoms. The highest BCUT2D eigenvalue weighted by Gasteiger charge is 2.21. The summed E-state index contributed by atoms with van der Waals surface area (Å²) in [6.07, 6.45) is 1.57. The monoisotopic (exact) mass is 426 g/mol. The zero-order chi connectivity index (χ0) is 21.3. The van der Waals surface area contributed by atoms with Gasteiger partial charge >= 0.3 is 0 Å². The number of carbonyl (C=O) groups excluding carboxylic acids is 1. The average Bonchev–Trinajstić information content (AvgIpc) is 3.01. The lowest BCUT2D eigenvalue weighted by molar-refractivity contribution is 0.103. The Morgan fingerprint density at radius 1 is 1.23 bits per heavy atom. The van der Waals surface area contributed by atoms with Crippen LogP contribution in [0.2, 0.25) is 5.02 Å². The molecule has 1 aliphatic rings. The highest BCUT2D eigenvalue weighted by atomic mass is 35.5. The molecule has 2 aromatic heterocycles. The lowest BCUT2D eigenvalue weighted by atomic mass is 10.0. The third-order valence-electron chi connectivity index (χ3n) is 5.22. The van der Waals surface area contributed by atoms with Crippen molar-refractivity contribution in [1.29, 1.82) is 0 Å². The minimum Gasteiger partial charge on any atom is -0.394 e. The SMILES string of the molecule is Cc1c(N)c(Nc2cc(N3CCOCC3)ncc2C(=O)c2ccccc2Cl)nn1C. The van der Waals surface area contributed by atoms with Crippen molar-refractivity contribution in [2.45, 2.75) is 6.92 Å². The standard InChI is InChI=1S/C21H23ClN6O2/c1-13-19(23)21(26-27(13)2)25-17-11-18(28-7-9-30-10-8-28)24-12-15(17)20(29)14-5-3-4-6-16(14)22/h3-6,11-12H,7-10,23H2,1-2H3,(H,24,25,26). The van der Waals surface area contributed by atoms with Gasteiger partial charge < -0.3 is 20.7 Å². The number of morpholine rings is 1. The number of ether oxygens (including phenoxy) is 1. The molecule has 0 amide bonds. The zero-order valence-corrected chi connectivity index (χ0v) is 17.6. The Balaban J connectivity index is 1.77. The van der Waals surface area contributed by atoms with E-state index in [9.17, 15) is 4.79 Å². The van der Waals surface area contributed by atoms with E-state index in [0.29, 0.717) is 46.6 Å². The van der Waals surface area contributed by atoms with Gasteiger partial charge in [0.1, 0.15) is 5.82 Å². The Morgan fingerprint density at radius 2 is 1.97 bits per heavy atom. The summed E-state index contributed by atoms with van der Waals surface area (Å²) in [5.41, 5.74) is 8.93. The molecule has 0 spiro atoms. The van der Waals surface area contributed by atoms with E-state index in [1.807, 2.05) is 20.0 Å². The smallest absolute Gasteiger partial charge is 0.198 e. The van der Waals surface area contributed by atoms with Crippen molar-refractivity contribution in [3.8, 4) is 0 Å². The van der Waals surface area contributed by atoms with Gasteiger partial charge in [-0.3, -0.25) is 9.48 Å². The number of hydrogen-bond donors (Lipinski definition) is 2. The average molecular weight is 427 g/mol. The Labute approximate surface area is 179 Å². The van der Waals surface area contributed by atoms with Crippen LogP contribution in [0.4, 0.5) is 23.0 Å². The van der Waals surface area contributed by atoms with Gasteiger partial charge in [0.15, 0.2) is 11.6 Å². The first-order chi connectivity index (χ1) is 14.5. The van der Waals surface area contributed by atoms with Crippen LogP contribution in [-0.4, -0.2) is 46.9 Å². The molecule has 0 saturated carbocycles. The van der Waals surface area contributed by atoms with E-state index in [1.165, 1.54) is 0 Å². The number of benzene rings is 1. The Morgan fingerprint density at radius 3 is 2.63 bits per heavy atom. The fraction of sp³-hybridized carbons (Fsp3) is 0.286. The van der Waals surface area contributed by atoms with Gasteiger partial charge in [-0.05, 0) is 19.1 Å². The minimum atomic E-state index is -0.227. The number of aryl methyl sites for hydroxylation is 1. The molecule has 0 atom stereocenters. The largest absolute Gasteiger partial charge is 0.394 e. The molecular formula is C21H23ClN6O2. The van der Waals surface area contributed by atoms with Crippen LogP contribution in [0, 0.1) is 6.92 Å². The maximum atomic E-state index is 13.3. The van der Waals surface area contributed by atoms with Gasteiger partial charge in [0.05, 0.1) is 40.9 Å². The normalized spacial score (nSPS) is 14.0. The number of nitrogens with one attached hydrogen (secondary N) is 1. The minimum absolute atomic E-state index is 0.227. The van der Waals surface area contributed by atoms with Crippen LogP contribution < -0.4 is 16.0 Å². The van der Waals surface area contributed by atoms with E-state index in [4.69, 9.17) is 22.1 Å². The molecule has 30 heavy (non-hydrogen) atoms. The van der Waals surface area contributed by atoms with Crippen molar-refractivity contribution in [3.05, 3.63) is 58.4 Å². The summed E-state index contributed by atoms with van der Waals surface area (Å²) >= 11 is 6.26. The number of aromatic nitrogens is 3. The van der Waals surface area contributed by atoms with Crippen molar-refractivity contribution < 1.29 is 9.53 Å². The van der Waals surface area contributed by atoms with Crippen LogP contribution in [0.25, 0.3) is 0 Å². The third-order valence-corrected chi connectivity index (χ3v) is 5.55. The van der Waals surface area contributed by atoms with E-state index in [2.05, 4.69) is 20.3 Å². The number of hydrogen-bond acceptors (Lipinski definition) is 7. The molecule has 4 rings (SSSR count). The molecule has 0 radical (unpaired) electrons. The maximum Gasteiger partial charge on any atom is 0.198 e. The molecule has 3 N–H and O–H groups in total. The summed E-state index contributed by atoms with van der Waals surface area (Å²) < 4.78 is 7.12. The van der Waals surface area contributed by atoms with Gasteiger partial charge in [-0.25, -0.2) is 4.98 Å². The summed E-state index contributed by atoms with van der Waals surface area (Å²) in [6, 6.07) is 8.80.